The molecular weight excluding hydrogens is 322 g/mol. The van der Waals surface area contributed by atoms with Crippen LogP contribution in [0.2, 0.25) is 0 Å². The van der Waals surface area contributed by atoms with Crippen molar-refractivity contribution in [3.63, 3.8) is 0 Å². The van der Waals surface area contributed by atoms with Crippen LogP contribution in [0.5, 0.6) is 11.5 Å². The Bertz CT molecular complexity index is 686. The molecule has 0 aliphatic carbocycles. The molecule has 0 spiro atoms. The number of nitrogens with one attached hydrogen (secondary N) is 1. The van der Waals surface area contributed by atoms with Gasteiger partial charge in [0.2, 0.25) is 5.91 Å². The number of carbonyl (C=O) groups excluding carboxylic acids is 1. The Balaban J connectivity index is 1.76. The quantitative estimate of drug-likeness (QED) is 0.587. The van der Waals surface area contributed by atoms with Crippen molar-refractivity contribution < 1.29 is 14.3 Å². The van der Waals surface area contributed by atoms with Crippen LogP contribution in [0.1, 0.15) is 5.56 Å². The Hall–Kier alpha value is -2.40. The van der Waals surface area contributed by atoms with Crippen molar-refractivity contribution >= 4 is 17.7 Å². The molecule has 0 fully saturated rings. The summed E-state index contributed by atoms with van der Waals surface area (Å²) in [5, 5.41) is 4.67. The molecule has 1 N–H and O–H groups in total. The van der Waals surface area contributed by atoms with E-state index in [9.17, 15) is 4.79 Å². The number of hydrogen-bond acceptors (Lipinski definition) is 4. The van der Waals surface area contributed by atoms with Crippen molar-refractivity contribution in [3.8, 4) is 11.5 Å². The smallest absolute Gasteiger partial charge is 0.244 e. The van der Waals surface area contributed by atoms with Crippen LogP contribution in [0.25, 0.3) is 0 Å². The van der Waals surface area contributed by atoms with Crippen LogP contribution in [0.3, 0.4) is 0 Å². The van der Waals surface area contributed by atoms with E-state index >= 15 is 0 Å². The molecule has 0 radical (unpaired) electrons. The molecule has 0 atom stereocenters. The number of thioether (sulfide) groups is 1. The van der Waals surface area contributed by atoms with Gasteiger partial charge >= 0.3 is 0 Å². The highest BCUT2D eigenvalue weighted by Crippen LogP contribution is 2.27. The minimum atomic E-state index is -0.0982. The van der Waals surface area contributed by atoms with E-state index in [1.807, 2.05) is 48.5 Å². The van der Waals surface area contributed by atoms with Gasteiger partial charge in [-0.05, 0) is 41.7 Å². The summed E-state index contributed by atoms with van der Waals surface area (Å²) in [6, 6.07) is 15.7. The molecule has 0 aliphatic heterocycles. The van der Waals surface area contributed by atoms with Gasteiger partial charge in [0.1, 0.15) is 0 Å². The maximum atomic E-state index is 11.8. The molecule has 0 heterocycles. The van der Waals surface area contributed by atoms with Crippen LogP contribution >= 0.6 is 11.8 Å². The molecule has 0 saturated carbocycles. The first kappa shape index (κ1) is 17.9. The molecular formula is C19H21NO3S. The summed E-state index contributed by atoms with van der Waals surface area (Å²) >= 11 is 1.52. The molecule has 0 aromatic heterocycles. The van der Waals surface area contributed by atoms with Crippen molar-refractivity contribution in [1.29, 1.82) is 0 Å². The highest BCUT2D eigenvalue weighted by molar-refractivity contribution is 8.02. The van der Waals surface area contributed by atoms with Crippen molar-refractivity contribution in [3.05, 3.63) is 65.6 Å². The summed E-state index contributed by atoms with van der Waals surface area (Å²) in [6.07, 6.45) is 2.28. The molecule has 0 saturated heterocycles. The molecule has 0 unspecified atom stereocenters. The normalized spacial score (nSPS) is 10.6. The zero-order chi connectivity index (χ0) is 17.2. The first-order valence-corrected chi connectivity index (χ1v) is 8.48. The molecule has 4 nitrogen and oxygen atoms in total. The maximum absolute atomic E-state index is 11.8. The highest BCUT2D eigenvalue weighted by Gasteiger charge is 2.04. The third kappa shape index (κ3) is 5.66. The zero-order valence-electron chi connectivity index (χ0n) is 13.8. The number of benzene rings is 2. The predicted octanol–water partition coefficient (Wildman–Crippen LogP) is 3.67. The summed E-state index contributed by atoms with van der Waals surface area (Å²) < 4.78 is 10.5. The van der Waals surface area contributed by atoms with E-state index in [1.165, 1.54) is 11.8 Å². The molecule has 2 aromatic rings. The van der Waals surface area contributed by atoms with Gasteiger partial charge in [-0.1, -0.05) is 36.0 Å². The lowest BCUT2D eigenvalue weighted by Gasteiger charge is -2.09. The molecule has 0 aliphatic rings. The summed E-state index contributed by atoms with van der Waals surface area (Å²) in [7, 11) is 3.22. The van der Waals surface area contributed by atoms with Crippen LogP contribution in [-0.2, 0) is 11.2 Å². The van der Waals surface area contributed by atoms with Gasteiger partial charge in [0.15, 0.2) is 11.5 Å². The van der Waals surface area contributed by atoms with Crippen LogP contribution in [0.15, 0.2) is 64.9 Å². The Morgan fingerprint density at radius 3 is 2.54 bits per heavy atom. The topological polar surface area (TPSA) is 47.6 Å². The lowest BCUT2D eigenvalue weighted by Crippen LogP contribution is -2.23. The van der Waals surface area contributed by atoms with Crippen LogP contribution in [0.4, 0.5) is 0 Å². The Kier molecular flexibility index (Phi) is 7.23. The number of rotatable bonds is 8. The van der Waals surface area contributed by atoms with Crippen LogP contribution < -0.4 is 14.8 Å². The molecule has 24 heavy (non-hydrogen) atoms. The SMILES string of the molecule is COc1ccc(CCNC(=O)/C=C/Sc2ccccc2)cc1OC. The van der Waals surface area contributed by atoms with Crippen molar-refractivity contribution in [2.75, 3.05) is 20.8 Å². The third-order valence-electron chi connectivity index (χ3n) is 3.33. The van der Waals surface area contributed by atoms with Gasteiger partial charge in [-0.15, -0.1) is 0 Å². The Morgan fingerprint density at radius 1 is 1.08 bits per heavy atom. The van der Waals surface area contributed by atoms with Crippen molar-refractivity contribution in [2.24, 2.45) is 0 Å². The van der Waals surface area contributed by atoms with E-state index in [2.05, 4.69) is 5.32 Å². The van der Waals surface area contributed by atoms with E-state index < -0.39 is 0 Å². The average Bonchev–Trinajstić information content (AvgIpc) is 2.62. The molecule has 2 aromatic carbocycles. The zero-order valence-corrected chi connectivity index (χ0v) is 14.6. The lowest BCUT2D eigenvalue weighted by atomic mass is 10.1. The summed E-state index contributed by atoms with van der Waals surface area (Å²) in [5.74, 6) is 1.30. The van der Waals surface area contributed by atoms with E-state index in [0.29, 0.717) is 18.0 Å². The number of ether oxygens (including phenoxy) is 2. The minimum Gasteiger partial charge on any atom is -0.493 e. The first-order valence-electron chi connectivity index (χ1n) is 7.60. The second-order valence-corrected chi connectivity index (χ2v) is 5.94. The molecule has 1 amide bonds. The van der Waals surface area contributed by atoms with E-state index in [1.54, 1.807) is 25.7 Å². The monoisotopic (exact) mass is 343 g/mol. The fourth-order valence-corrected chi connectivity index (χ4v) is 2.76. The summed E-state index contributed by atoms with van der Waals surface area (Å²) in [4.78, 5) is 12.9. The number of hydrogen-bond donors (Lipinski definition) is 1. The van der Waals surface area contributed by atoms with Gasteiger partial charge in [-0.3, -0.25) is 4.79 Å². The standard InChI is InChI=1S/C19H21NO3S/c1-22-17-9-8-15(14-18(17)23-2)10-12-20-19(21)11-13-24-16-6-4-3-5-7-16/h3-9,11,13-14H,10,12H2,1-2H3,(H,20,21)/b13-11+. The Labute approximate surface area is 146 Å². The van der Waals surface area contributed by atoms with Gasteiger partial charge in [0.05, 0.1) is 14.2 Å². The van der Waals surface area contributed by atoms with Gasteiger partial charge in [0, 0.05) is 17.5 Å². The summed E-state index contributed by atoms with van der Waals surface area (Å²) in [6.45, 7) is 0.564. The summed E-state index contributed by atoms with van der Waals surface area (Å²) in [5.41, 5.74) is 1.08. The molecule has 0 bridgehead atoms. The first-order chi connectivity index (χ1) is 11.7. The van der Waals surface area contributed by atoms with Crippen molar-refractivity contribution in [1.82, 2.24) is 5.32 Å². The largest absolute Gasteiger partial charge is 0.493 e. The highest BCUT2D eigenvalue weighted by atomic mass is 32.2. The number of carbonyl (C=O) groups is 1. The molecule has 2 rings (SSSR count). The maximum Gasteiger partial charge on any atom is 0.244 e. The molecule has 5 heteroatoms. The van der Waals surface area contributed by atoms with Crippen LogP contribution in [-0.4, -0.2) is 26.7 Å². The third-order valence-corrected chi connectivity index (χ3v) is 4.14. The number of methoxy groups -OCH3 is 2. The minimum absolute atomic E-state index is 0.0982. The second-order valence-electron chi connectivity index (χ2n) is 4.96. The van der Waals surface area contributed by atoms with E-state index in [-0.39, 0.29) is 5.91 Å². The van der Waals surface area contributed by atoms with Crippen molar-refractivity contribution in [2.45, 2.75) is 11.3 Å². The van der Waals surface area contributed by atoms with Gasteiger partial charge in [0.25, 0.3) is 0 Å². The Morgan fingerprint density at radius 2 is 1.83 bits per heavy atom. The number of amides is 1. The fraction of sp³-hybridized carbons (Fsp3) is 0.211. The molecule has 126 valence electrons. The fourth-order valence-electron chi connectivity index (χ4n) is 2.10. The van der Waals surface area contributed by atoms with Crippen LogP contribution in [0, 0.1) is 0 Å². The predicted molar refractivity (Wildman–Crippen MR) is 97.7 cm³/mol. The van der Waals surface area contributed by atoms with Gasteiger partial charge < -0.3 is 14.8 Å². The van der Waals surface area contributed by atoms with Gasteiger partial charge in [-0.25, -0.2) is 0 Å². The lowest BCUT2D eigenvalue weighted by molar-refractivity contribution is -0.116. The average molecular weight is 343 g/mol. The van der Waals surface area contributed by atoms with E-state index in [0.717, 1.165) is 16.9 Å². The second kappa shape index (κ2) is 9.67. The van der Waals surface area contributed by atoms with E-state index in [4.69, 9.17) is 9.47 Å². The van der Waals surface area contributed by atoms with Gasteiger partial charge in [-0.2, -0.15) is 0 Å².